The van der Waals surface area contributed by atoms with Gasteiger partial charge in [-0.05, 0) is 36.5 Å². The van der Waals surface area contributed by atoms with Gasteiger partial charge in [-0.3, -0.25) is 0 Å². The fraction of sp³-hybridized carbons (Fsp3) is 0.294. The Morgan fingerprint density at radius 3 is 2.26 bits per heavy atom. The predicted octanol–water partition coefficient (Wildman–Crippen LogP) is 4.86. The van der Waals surface area contributed by atoms with Gasteiger partial charge in [0, 0.05) is 10.2 Å². The van der Waals surface area contributed by atoms with Crippen LogP contribution >= 0.6 is 15.9 Å². The number of hydrogen-bond acceptors (Lipinski definition) is 0. The molecule has 0 N–H and O–H groups in total. The molecular formula is C17H16BrF. The van der Waals surface area contributed by atoms with Gasteiger partial charge in [-0.25, -0.2) is 4.39 Å². The van der Waals surface area contributed by atoms with Crippen molar-refractivity contribution in [3.8, 4) is 0 Å². The van der Waals surface area contributed by atoms with Crippen molar-refractivity contribution in [1.82, 2.24) is 0 Å². The molecule has 0 amide bonds. The average Bonchev–Trinajstić information content (AvgIpc) is 3.24. The van der Waals surface area contributed by atoms with E-state index in [-0.39, 0.29) is 11.2 Å². The van der Waals surface area contributed by atoms with Gasteiger partial charge < -0.3 is 0 Å². The van der Waals surface area contributed by atoms with Crippen molar-refractivity contribution < 1.29 is 4.39 Å². The van der Waals surface area contributed by atoms with Gasteiger partial charge in [0.25, 0.3) is 0 Å². The second kappa shape index (κ2) is 5.09. The number of hydrogen-bond donors (Lipinski definition) is 0. The quantitative estimate of drug-likeness (QED) is 0.706. The Kier molecular flexibility index (Phi) is 3.44. The highest BCUT2D eigenvalue weighted by molar-refractivity contribution is 9.09. The maximum atomic E-state index is 13.7. The van der Waals surface area contributed by atoms with E-state index in [2.05, 4.69) is 40.2 Å². The summed E-state index contributed by atoms with van der Waals surface area (Å²) < 4.78 is 13.7. The molecule has 1 unspecified atom stereocenters. The summed E-state index contributed by atoms with van der Waals surface area (Å²) in [5.41, 5.74) is 2.36. The molecule has 0 radical (unpaired) electrons. The van der Waals surface area contributed by atoms with E-state index in [1.54, 1.807) is 6.07 Å². The molecule has 0 aromatic heterocycles. The van der Waals surface area contributed by atoms with E-state index in [1.807, 2.05) is 18.2 Å². The van der Waals surface area contributed by atoms with E-state index < -0.39 is 0 Å². The zero-order chi connectivity index (χ0) is 13.3. The molecule has 0 nitrogen and oxygen atoms in total. The third-order valence-corrected chi connectivity index (χ3v) is 5.29. The highest BCUT2D eigenvalue weighted by Gasteiger charge is 2.49. The normalized spacial score (nSPS) is 18.0. The van der Waals surface area contributed by atoms with Gasteiger partial charge in [-0.1, -0.05) is 64.5 Å². The van der Waals surface area contributed by atoms with Crippen molar-refractivity contribution in [3.05, 3.63) is 71.5 Å². The zero-order valence-corrected chi connectivity index (χ0v) is 12.2. The first-order chi connectivity index (χ1) is 9.22. The van der Waals surface area contributed by atoms with Crippen molar-refractivity contribution in [2.45, 2.75) is 29.5 Å². The van der Waals surface area contributed by atoms with Crippen LogP contribution in [0.2, 0.25) is 0 Å². The molecule has 0 aliphatic heterocycles. The molecule has 0 spiro atoms. The van der Waals surface area contributed by atoms with Gasteiger partial charge in [0.1, 0.15) is 5.82 Å². The van der Waals surface area contributed by atoms with Crippen molar-refractivity contribution in [1.29, 1.82) is 0 Å². The minimum atomic E-state index is -0.101. The van der Waals surface area contributed by atoms with Crippen LogP contribution in [0.25, 0.3) is 0 Å². The first-order valence-electron chi connectivity index (χ1n) is 6.65. The third kappa shape index (κ3) is 2.46. The van der Waals surface area contributed by atoms with Crippen LogP contribution < -0.4 is 0 Å². The fourth-order valence-electron chi connectivity index (χ4n) is 2.74. The highest BCUT2D eigenvalue weighted by atomic mass is 79.9. The molecule has 2 aromatic rings. The molecule has 0 saturated heterocycles. The molecule has 0 bridgehead atoms. The molecule has 3 rings (SSSR count). The molecule has 1 aliphatic carbocycles. The molecule has 1 aliphatic rings. The van der Waals surface area contributed by atoms with Crippen molar-refractivity contribution in [3.63, 3.8) is 0 Å². The number of halogens is 2. The SMILES string of the molecule is Fc1ccccc1CC(Br)C1(c2ccccc2)CC1. The second-order valence-electron chi connectivity index (χ2n) is 5.29. The molecule has 19 heavy (non-hydrogen) atoms. The summed E-state index contributed by atoms with van der Waals surface area (Å²) in [6, 6.07) is 17.6. The Morgan fingerprint density at radius 1 is 1.00 bits per heavy atom. The smallest absolute Gasteiger partial charge is 0.126 e. The molecule has 1 saturated carbocycles. The lowest BCUT2D eigenvalue weighted by molar-refractivity contribution is 0.586. The van der Waals surface area contributed by atoms with Gasteiger partial charge in [-0.2, -0.15) is 0 Å². The maximum Gasteiger partial charge on any atom is 0.126 e. The van der Waals surface area contributed by atoms with Gasteiger partial charge >= 0.3 is 0 Å². The minimum absolute atomic E-state index is 0.101. The van der Waals surface area contributed by atoms with Gasteiger partial charge in [0.15, 0.2) is 0 Å². The van der Waals surface area contributed by atoms with Crippen LogP contribution in [0.3, 0.4) is 0 Å². The topological polar surface area (TPSA) is 0 Å². The van der Waals surface area contributed by atoms with Gasteiger partial charge in [-0.15, -0.1) is 0 Å². The predicted molar refractivity (Wildman–Crippen MR) is 80.2 cm³/mol. The Hall–Kier alpha value is -1.15. The molecule has 2 aromatic carbocycles. The van der Waals surface area contributed by atoms with Crippen LogP contribution in [0.4, 0.5) is 4.39 Å². The lowest BCUT2D eigenvalue weighted by atomic mass is 9.89. The molecule has 1 fully saturated rings. The lowest BCUT2D eigenvalue weighted by Gasteiger charge is -2.22. The number of alkyl halides is 1. The fourth-order valence-corrected chi connectivity index (χ4v) is 3.81. The van der Waals surface area contributed by atoms with Crippen LogP contribution in [0.15, 0.2) is 54.6 Å². The minimum Gasteiger partial charge on any atom is -0.207 e. The second-order valence-corrected chi connectivity index (χ2v) is 6.39. The average molecular weight is 319 g/mol. The van der Waals surface area contributed by atoms with E-state index >= 15 is 0 Å². The van der Waals surface area contributed by atoms with Crippen molar-refractivity contribution >= 4 is 15.9 Å². The summed E-state index contributed by atoms with van der Waals surface area (Å²) >= 11 is 3.80. The summed E-state index contributed by atoms with van der Waals surface area (Å²) in [7, 11) is 0. The van der Waals surface area contributed by atoms with E-state index in [9.17, 15) is 4.39 Å². The number of benzene rings is 2. The van der Waals surface area contributed by atoms with E-state index in [4.69, 9.17) is 0 Å². The van der Waals surface area contributed by atoms with Gasteiger partial charge in [0.05, 0.1) is 0 Å². The molecular weight excluding hydrogens is 303 g/mol. The molecule has 1 atom stereocenters. The van der Waals surface area contributed by atoms with Crippen LogP contribution in [-0.4, -0.2) is 4.83 Å². The molecule has 0 heterocycles. The Morgan fingerprint density at radius 2 is 1.63 bits per heavy atom. The Balaban J connectivity index is 1.82. The maximum absolute atomic E-state index is 13.7. The summed E-state index contributed by atoms with van der Waals surface area (Å²) in [6.45, 7) is 0. The van der Waals surface area contributed by atoms with Crippen molar-refractivity contribution in [2.24, 2.45) is 0 Å². The summed E-state index contributed by atoms with van der Waals surface area (Å²) in [4.78, 5) is 0.291. The first-order valence-corrected chi connectivity index (χ1v) is 7.57. The highest BCUT2D eigenvalue weighted by Crippen LogP contribution is 2.54. The van der Waals surface area contributed by atoms with Gasteiger partial charge in [0.2, 0.25) is 0 Å². The Labute approximate surface area is 121 Å². The van der Waals surface area contributed by atoms with Crippen LogP contribution in [0.1, 0.15) is 24.0 Å². The summed E-state index contributed by atoms with van der Waals surface area (Å²) in [5.74, 6) is -0.101. The van der Waals surface area contributed by atoms with Crippen molar-refractivity contribution in [2.75, 3.05) is 0 Å². The van der Waals surface area contributed by atoms with Crippen LogP contribution in [0.5, 0.6) is 0 Å². The standard InChI is InChI=1S/C17H16BrF/c18-16(12-13-6-4-5-9-15(13)19)17(10-11-17)14-7-2-1-3-8-14/h1-9,16H,10-12H2. The van der Waals surface area contributed by atoms with E-state index in [0.29, 0.717) is 4.83 Å². The summed E-state index contributed by atoms with van der Waals surface area (Å²) in [5, 5.41) is 0. The summed E-state index contributed by atoms with van der Waals surface area (Å²) in [6.07, 6.45) is 3.10. The number of rotatable bonds is 4. The lowest BCUT2D eigenvalue weighted by Crippen LogP contribution is -2.23. The van der Waals surface area contributed by atoms with Crippen LogP contribution in [0, 0.1) is 5.82 Å². The van der Waals surface area contributed by atoms with E-state index in [0.717, 1.165) is 12.0 Å². The zero-order valence-electron chi connectivity index (χ0n) is 10.7. The molecule has 98 valence electrons. The molecule has 2 heteroatoms. The third-order valence-electron chi connectivity index (χ3n) is 4.09. The monoisotopic (exact) mass is 318 g/mol. The van der Waals surface area contributed by atoms with Crippen LogP contribution in [-0.2, 0) is 11.8 Å². The Bertz CT molecular complexity index is 560. The first kappa shape index (κ1) is 12.9. The van der Waals surface area contributed by atoms with E-state index in [1.165, 1.54) is 24.5 Å². The largest absolute Gasteiger partial charge is 0.207 e.